The van der Waals surface area contributed by atoms with E-state index in [0.29, 0.717) is 25.9 Å². The zero-order valence-corrected chi connectivity index (χ0v) is 22.0. The highest BCUT2D eigenvalue weighted by Gasteiger charge is 2.28. The van der Waals surface area contributed by atoms with Gasteiger partial charge in [-0.05, 0) is 36.5 Å². The van der Waals surface area contributed by atoms with Crippen LogP contribution in [0.3, 0.4) is 0 Å². The number of carbonyl (C=O) groups excluding carboxylic acids is 2. The summed E-state index contributed by atoms with van der Waals surface area (Å²) in [6.07, 6.45) is 4.35. The third-order valence-electron chi connectivity index (χ3n) is 5.88. The van der Waals surface area contributed by atoms with Gasteiger partial charge in [0.05, 0.1) is 23.8 Å². The van der Waals surface area contributed by atoms with E-state index in [1.807, 2.05) is 36.4 Å². The van der Waals surface area contributed by atoms with Gasteiger partial charge in [0.1, 0.15) is 9.83 Å². The van der Waals surface area contributed by atoms with E-state index in [1.165, 1.54) is 46.1 Å². The molecule has 3 aromatic heterocycles. The van der Waals surface area contributed by atoms with E-state index in [4.69, 9.17) is 9.72 Å². The van der Waals surface area contributed by atoms with E-state index in [-0.39, 0.29) is 23.8 Å². The average molecular weight is 538 g/mol. The molecule has 4 aromatic rings. The van der Waals surface area contributed by atoms with Crippen molar-refractivity contribution >= 4 is 61.5 Å². The standard InChI is InChI=1S/C26H23N3O4S3/c1-3-12-29-24(31)17-13-19(15-8-5-4-6-9-15)36-22(17)28-26(29)34-14-20(30)27-23-21(25(32)33-2)16-10-7-11-18(16)35-23/h3-6,8-9,13H,1,7,10-12,14H2,2H3,(H,27,30). The van der Waals surface area contributed by atoms with Crippen LogP contribution in [0.25, 0.3) is 20.7 Å². The van der Waals surface area contributed by atoms with Crippen LogP contribution >= 0.6 is 34.4 Å². The van der Waals surface area contributed by atoms with Crippen molar-refractivity contribution in [1.29, 1.82) is 0 Å². The summed E-state index contributed by atoms with van der Waals surface area (Å²) >= 11 is 4.07. The van der Waals surface area contributed by atoms with Crippen LogP contribution < -0.4 is 10.9 Å². The maximum absolute atomic E-state index is 13.3. The number of fused-ring (bicyclic) bond motifs is 2. The molecule has 36 heavy (non-hydrogen) atoms. The lowest BCUT2D eigenvalue weighted by molar-refractivity contribution is -0.113. The van der Waals surface area contributed by atoms with Gasteiger partial charge in [-0.3, -0.25) is 14.2 Å². The summed E-state index contributed by atoms with van der Waals surface area (Å²) in [6.45, 7) is 4.05. The van der Waals surface area contributed by atoms with Gasteiger partial charge in [0.2, 0.25) is 5.91 Å². The Morgan fingerprint density at radius 2 is 2.06 bits per heavy atom. The number of esters is 1. The summed E-state index contributed by atoms with van der Waals surface area (Å²) in [4.78, 5) is 45.9. The maximum atomic E-state index is 13.3. The lowest BCUT2D eigenvalue weighted by Gasteiger charge is -2.10. The quantitative estimate of drug-likeness (QED) is 0.141. The van der Waals surface area contributed by atoms with Gasteiger partial charge < -0.3 is 10.1 Å². The molecule has 0 fully saturated rings. The first-order valence-electron chi connectivity index (χ1n) is 11.4. The van der Waals surface area contributed by atoms with Gasteiger partial charge in [-0.15, -0.1) is 29.3 Å². The minimum atomic E-state index is -0.434. The fraction of sp³-hybridized carbons (Fsp3) is 0.231. The van der Waals surface area contributed by atoms with E-state index in [9.17, 15) is 14.4 Å². The number of allylic oxidation sites excluding steroid dienone is 1. The molecule has 3 heterocycles. The van der Waals surface area contributed by atoms with Crippen LogP contribution in [0.4, 0.5) is 5.00 Å². The molecule has 1 aliphatic rings. The zero-order chi connectivity index (χ0) is 25.2. The van der Waals surface area contributed by atoms with Crippen LogP contribution in [0.1, 0.15) is 27.2 Å². The number of aromatic nitrogens is 2. The number of nitrogens with zero attached hydrogens (tertiary/aromatic N) is 2. The lowest BCUT2D eigenvalue weighted by atomic mass is 10.1. The van der Waals surface area contributed by atoms with Crippen molar-refractivity contribution in [2.75, 3.05) is 18.2 Å². The van der Waals surface area contributed by atoms with Crippen LogP contribution in [-0.4, -0.2) is 34.3 Å². The second kappa shape index (κ2) is 10.4. The molecule has 7 nitrogen and oxygen atoms in total. The molecule has 0 radical (unpaired) electrons. The maximum Gasteiger partial charge on any atom is 0.341 e. The first-order chi connectivity index (χ1) is 17.5. The predicted octanol–water partition coefficient (Wildman–Crippen LogP) is 5.38. The summed E-state index contributed by atoms with van der Waals surface area (Å²) in [5.74, 6) is -0.674. The fourth-order valence-electron chi connectivity index (χ4n) is 4.25. The van der Waals surface area contributed by atoms with Crippen LogP contribution in [0.2, 0.25) is 0 Å². The van der Waals surface area contributed by atoms with Crippen molar-refractivity contribution in [3.05, 3.63) is 75.4 Å². The average Bonchev–Trinajstić information content (AvgIpc) is 3.59. The molecule has 1 aliphatic carbocycles. The number of thioether (sulfide) groups is 1. The first-order valence-corrected chi connectivity index (χ1v) is 14.0. The second-order valence-electron chi connectivity index (χ2n) is 8.18. The molecule has 0 bridgehead atoms. The number of anilines is 1. The Balaban J connectivity index is 1.40. The molecule has 1 amide bonds. The molecule has 0 saturated carbocycles. The monoisotopic (exact) mass is 537 g/mol. The van der Waals surface area contributed by atoms with Crippen molar-refractivity contribution in [2.45, 2.75) is 31.0 Å². The summed E-state index contributed by atoms with van der Waals surface area (Å²) in [6, 6.07) is 11.7. The van der Waals surface area contributed by atoms with E-state index < -0.39 is 5.97 Å². The van der Waals surface area contributed by atoms with E-state index >= 15 is 0 Å². The largest absolute Gasteiger partial charge is 0.465 e. The highest BCUT2D eigenvalue weighted by atomic mass is 32.2. The van der Waals surface area contributed by atoms with Crippen LogP contribution in [0.15, 0.2) is 59.0 Å². The third kappa shape index (κ3) is 4.63. The lowest BCUT2D eigenvalue weighted by Crippen LogP contribution is -2.23. The number of hydrogen-bond donors (Lipinski definition) is 1. The van der Waals surface area contributed by atoms with Crippen molar-refractivity contribution in [3.8, 4) is 10.4 Å². The number of ether oxygens (including phenoxy) is 1. The Kier molecular flexibility index (Phi) is 7.08. The Morgan fingerprint density at radius 1 is 1.25 bits per heavy atom. The van der Waals surface area contributed by atoms with Crippen LogP contribution in [0.5, 0.6) is 0 Å². The third-order valence-corrected chi connectivity index (χ3v) is 9.14. The topological polar surface area (TPSA) is 90.3 Å². The number of rotatable bonds is 8. The van der Waals surface area contributed by atoms with Gasteiger partial charge in [-0.2, -0.15) is 0 Å². The highest BCUT2D eigenvalue weighted by Crippen LogP contribution is 2.39. The van der Waals surface area contributed by atoms with Crippen LogP contribution in [-0.2, 0) is 28.9 Å². The Hall–Kier alpha value is -3.21. The van der Waals surface area contributed by atoms with Gasteiger partial charge in [0.15, 0.2) is 5.16 Å². The number of methoxy groups -OCH3 is 1. The molecule has 0 aliphatic heterocycles. The van der Waals surface area contributed by atoms with Gasteiger partial charge in [0, 0.05) is 16.3 Å². The van der Waals surface area contributed by atoms with E-state index in [2.05, 4.69) is 11.9 Å². The highest BCUT2D eigenvalue weighted by molar-refractivity contribution is 7.99. The summed E-state index contributed by atoms with van der Waals surface area (Å²) in [7, 11) is 1.34. The molecule has 0 atom stereocenters. The molecule has 1 aromatic carbocycles. The van der Waals surface area contributed by atoms with E-state index in [1.54, 1.807) is 6.08 Å². The number of hydrogen-bond acceptors (Lipinski definition) is 8. The first kappa shape index (κ1) is 24.5. The molecule has 0 saturated heterocycles. The minimum absolute atomic E-state index is 0.0369. The van der Waals surface area contributed by atoms with Crippen molar-refractivity contribution in [1.82, 2.24) is 9.55 Å². The molecule has 10 heteroatoms. The van der Waals surface area contributed by atoms with Gasteiger partial charge in [-0.1, -0.05) is 48.2 Å². The number of aryl methyl sites for hydroxylation is 1. The minimum Gasteiger partial charge on any atom is -0.465 e. The summed E-state index contributed by atoms with van der Waals surface area (Å²) in [5.41, 5.74) is 2.30. The Bertz CT molecular complexity index is 1540. The smallest absolute Gasteiger partial charge is 0.341 e. The molecule has 184 valence electrons. The molecular formula is C26H23N3O4S3. The fourth-order valence-corrected chi connectivity index (χ4v) is 7.43. The molecule has 0 spiro atoms. The number of amides is 1. The number of benzene rings is 1. The number of carbonyl (C=O) groups is 2. The van der Waals surface area contributed by atoms with Crippen molar-refractivity contribution in [3.63, 3.8) is 0 Å². The Morgan fingerprint density at radius 3 is 2.81 bits per heavy atom. The summed E-state index contributed by atoms with van der Waals surface area (Å²) in [5, 5.41) is 4.40. The summed E-state index contributed by atoms with van der Waals surface area (Å²) < 4.78 is 6.49. The van der Waals surface area contributed by atoms with Gasteiger partial charge in [-0.25, -0.2) is 9.78 Å². The van der Waals surface area contributed by atoms with Gasteiger partial charge in [0.25, 0.3) is 5.56 Å². The second-order valence-corrected chi connectivity index (χ2v) is 11.3. The van der Waals surface area contributed by atoms with Crippen molar-refractivity contribution < 1.29 is 14.3 Å². The molecule has 5 rings (SSSR count). The van der Waals surface area contributed by atoms with E-state index in [0.717, 1.165) is 40.1 Å². The van der Waals surface area contributed by atoms with Crippen molar-refractivity contribution in [2.24, 2.45) is 0 Å². The molecular weight excluding hydrogens is 515 g/mol. The van der Waals surface area contributed by atoms with Crippen LogP contribution in [0, 0.1) is 0 Å². The SMILES string of the molecule is C=CCn1c(SCC(=O)Nc2sc3c(c2C(=O)OC)CCC3)nc2sc(-c3ccccc3)cc2c1=O. The van der Waals surface area contributed by atoms with Gasteiger partial charge >= 0.3 is 5.97 Å². The zero-order valence-electron chi connectivity index (χ0n) is 19.5. The Labute approximate surface area is 219 Å². The predicted molar refractivity (Wildman–Crippen MR) is 147 cm³/mol. The number of thiophene rings is 2. The molecule has 1 N–H and O–H groups in total. The normalized spacial score (nSPS) is 12.5. The molecule has 0 unspecified atom stereocenters. The number of nitrogens with one attached hydrogen (secondary N) is 1.